The Hall–Kier alpha value is -0.955. The quantitative estimate of drug-likeness (QED) is 0.752. The first kappa shape index (κ1) is 13.5. The number of halogens is 2. The zero-order chi connectivity index (χ0) is 13.3. The molecule has 0 heterocycles. The molecule has 0 unspecified atom stereocenters. The van der Waals surface area contributed by atoms with E-state index in [1.807, 2.05) is 38.1 Å². The highest BCUT2D eigenvalue weighted by atomic mass is 35.5. The smallest absolute Gasteiger partial charge is 0.307 e. The van der Waals surface area contributed by atoms with Gasteiger partial charge in [0.2, 0.25) is 0 Å². The van der Waals surface area contributed by atoms with E-state index < -0.39 is 6.92 Å². The molecule has 0 aliphatic heterocycles. The monoisotopic (exact) mass is 277 g/mol. The lowest BCUT2D eigenvalue weighted by molar-refractivity contribution is 0.471. The summed E-state index contributed by atoms with van der Waals surface area (Å²) in [6.45, 7) is 2.87. The Morgan fingerprint density at radius 1 is 0.833 bits per heavy atom. The number of hydrogen-bond acceptors (Lipinski definition) is 0. The second kappa shape index (κ2) is 5.35. The SMILES string of the molecule is Cc1ccc(B([O])c2ccc(C)c(Cl)c2)cc1Cl. The van der Waals surface area contributed by atoms with Crippen LogP contribution in [0.3, 0.4) is 0 Å². The number of rotatable bonds is 2. The molecular formula is C14H12BCl2O. The van der Waals surface area contributed by atoms with Crippen molar-refractivity contribution in [2.24, 2.45) is 0 Å². The van der Waals surface area contributed by atoms with Crippen LogP contribution in [0.4, 0.5) is 0 Å². The molecule has 0 atom stereocenters. The van der Waals surface area contributed by atoms with Gasteiger partial charge in [0.1, 0.15) is 0 Å². The molecule has 0 saturated carbocycles. The first-order chi connectivity index (χ1) is 8.49. The van der Waals surface area contributed by atoms with Gasteiger partial charge in [0.25, 0.3) is 0 Å². The molecule has 91 valence electrons. The van der Waals surface area contributed by atoms with Crippen LogP contribution in [0.1, 0.15) is 11.1 Å². The fraction of sp³-hybridized carbons (Fsp3) is 0.143. The molecule has 0 amide bonds. The van der Waals surface area contributed by atoms with Gasteiger partial charge in [-0.1, -0.05) is 47.5 Å². The van der Waals surface area contributed by atoms with Crippen LogP contribution >= 0.6 is 23.2 Å². The minimum absolute atomic E-state index is 0.617. The lowest BCUT2D eigenvalue weighted by Gasteiger charge is -2.08. The normalized spacial score (nSPS) is 10.5. The van der Waals surface area contributed by atoms with Crippen molar-refractivity contribution in [1.82, 2.24) is 0 Å². The molecule has 2 aromatic rings. The van der Waals surface area contributed by atoms with Crippen molar-refractivity contribution in [3.05, 3.63) is 57.6 Å². The second-order valence-electron chi connectivity index (χ2n) is 4.40. The molecule has 1 nitrogen and oxygen atoms in total. The van der Waals surface area contributed by atoms with Gasteiger partial charge in [0.05, 0.1) is 0 Å². The highest BCUT2D eigenvalue weighted by Gasteiger charge is 2.20. The number of aryl methyl sites for hydroxylation is 2. The molecule has 1 radical (unpaired) electrons. The summed E-state index contributed by atoms with van der Waals surface area (Å²) in [4.78, 5) is 0. The zero-order valence-electron chi connectivity index (χ0n) is 10.2. The van der Waals surface area contributed by atoms with E-state index in [9.17, 15) is 5.02 Å². The van der Waals surface area contributed by atoms with Crippen LogP contribution in [0.2, 0.25) is 10.0 Å². The molecule has 0 fully saturated rings. The van der Waals surface area contributed by atoms with Crippen LogP contribution in [0.25, 0.3) is 0 Å². The van der Waals surface area contributed by atoms with E-state index in [-0.39, 0.29) is 0 Å². The van der Waals surface area contributed by atoms with E-state index in [4.69, 9.17) is 23.2 Å². The maximum atomic E-state index is 12.3. The van der Waals surface area contributed by atoms with E-state index in [0.717, 1.165) is 11.1 Å². The van der Waals surface area contributed by atoms with Crippen LogP contribution in [-0.4, -0.2) is 6.92 Å². The summed E-state index contributed by atoms with van der Waals surface area (Å²) in [6.07, 6.45) is 0. The van der Waals surface area contributed by atoms with Crippen molar-refractivity contribution in [1.29, 1.82) is 0 Å². The van der Waals surface area contributed by atoms with Gasteiger partial charge in [-0.2, -0.15) is 0 Å². The third-order valence-corrected chi connectivity index (χ3v) is 3.81. The fourth-order valence-electron chi connectivity index (χ4n) is 1.74. The van der Waals surface area contributed by atoms with Crippen LogP contribution < -0.4 is 10.9 Å². The van der Waals surface area contributed by atoms with Crippen molar-refractivity contribution >= 4 is 41.0 Å². The lowest BCUT2D eigenvalue weighted by atomic mass is 9.56. The molecule has 0 saturated heterocycles. The molecule has 0 N–H and O–H groups in total. The lowest BCUT2D eigenvalue weighted by Crippen LogP contribution is -2.41. The van der Waals surface area contributed by atoms with Gasteiger partial charge in [0, 0.05) is 10.0 Å². The molecule has 4 heteroatoms. The Morgan fingerprint density at radius 3 is 1.56 bits per heavy atom. The predicted molar refractivity (Wildman–Crippen MR) is 78.1 cm³/mol. The molecule has 0 aliphatic carbocycles. The second-order valence-corrected chi connectivity index (χ2v) is 5.21. The zero-order valence-corrected chi connectivity index (χ0v) is 11.7. The van der Waals surface area contributed by atoms with Crippen LogP contribution in [0, 0.1) is 13.8 Å². The summed E-state index contributed by atoms with van der Waals surface area (Å²) in [7, 11) is 0. The van der Waals surface area contributed by atoms with E-state index in [2.05, 4.69) is 0 Å². The standard InChI is InChI=1S/C14H12BCl2O/c1-9-3-5-11(7-13(9)16)15(18)12-6-4-10(2)14(17)8-12/h3-8H,1-2H3. The molecular weight excluding hydrogens is 266 g/mol. The van der Waals surface area contributed by atoms with Gasteiger partial charge in [-0.15, -0.1) is 0 Å². The average Bonchev–Trinajstić information content (AvgIpc) is 2.35. The summed E-state index contributed by atoms with van der Waals surface area (Å²) in [5.74, 6) is 0. The third-order valence-electron chi connectivity index (χ3n) is 3.00. The van der Waals surface area contributed by atoms with Gasteiger partial charge in [0.15, 0.2) is 0 Å². The van der Waals surface area contributed by atoms with E-state index in [1.165, 1.54) is 0 Å². The topological polar surface area (TPSA) is 19.9 Å². The largest absolute Gasteiger partial charge is 0.403 e. The highest BCUT2D eigenvalue weighted by Crippen LogP contribution is 2.14. The van der Waals surface area contributed by atoms with Gasteiger partial charge in [-0.05, 0) is 48.0 Å². The molecule has 0 bridgehead atoms. The first-order valence-electron chi connectivity index (χ1n) is 5.67. The maximum absolute atomic E-state index is 12.3. The summed E-state index contributed by atoms with van der Waals surface area (Å²) in [5, 5.41) is 13.6. The number of hydrogen-bond donors (Lipinski definition) is 0. The van der Waals surface area contributed by atoms with Gasteiger partial charge < -0.3 is 5.02 Å². The molecule has 2 aromatic carbocycles. The van der Waals surface area contributed by atoms with Crippen molar-refractivity contribution in [2.75, 3.05) is 0 Å². The summed E-state index contributed by atoms with van der Waals surface area (Å²) in [5.41, 5.74) is 3.25. The Morgan fingerprint density at radius 2 is 1.22 bits per heavy atom. The van der Waals surface area contributed by atoms with Gasteiger partial charge in [-0.3, -0.25) is 0 Å². The predicted octanol–water partition coefficient (Wildman–Crippen LogP) is 3.15. The van der Waals surface area contributed by atoms with Gasteiger partial charge >= 0.3 is 6.92 Å². The molecule has 0 spiro atoms. The summed E-state index contributed by atoms with van der Waals surface area (Å²) < 4.78 is 0. The molecule has 18 heavy (non-hydrogen) atoms. The molecule has 0 aliphatic rings. The van der Waals surface area contributed by atoms with Crippen LogP contribution in [0.15, 0.2) is 36.4 Å². The van der Waals surface area contributed by atoms with E-state index in [1.54, 1.807) is 12.1 Å². The van der Waals surface area contributed by atoms with Gasteiger partial charge in [-0.25, -0.2) is 0 Å². The maximum Gasteiger partial charge on any atom is 0.403 e. The Kier molecular flexibility index (Phi) is 4.01. The van der Waals surface area contributed by atoms with E-state index >= 15 is 0 Å². The minimum Gasteiger partial charge on any atom is -0.307 e. The fourth-order valence-corrected chi connectivity index (χ4v) is 2.11. The van der Waals surface area contributed by atoms with Crippen molar-refractivity contribution in [2.45, 2.75) is 13.8 Å². The summed E-state index contributed by atoms with van der Waals surface area (Å²) >= 11 is 12.1. The van der Waals surface area contributed by atoms with Crippen LogP contribution in [-0.2, 0) is 5.02 Å². The molecule has 2 rings (SSSR count). The highest BCUT2D eigenvalue weighted by molar-refractivity contribution is 6.78. The average molecular weight is 278 g/mol. The first-order valence-corrected chi connectivity index (χ1v) is 6.42. The Bertz CT molecular complexity index is 533. The van der Waals surface area contributed by atoms with Crippen molar-refractivity contribution < 1.29 is 5.02 Å². The third kappa shape index (κ3) is 2.72. The van der Waals surface area contributed by atoms with Crippen LogP contribution in [0.5, 0.6) is 0 Å². The van der Waals surface area contributed by atoms with Crippen molar-refractivity contribution in [3.8, 4) is 0 Å². The Balaban J connectivity index is 2.37. The Labute approximate surface area is 117 Å². The molecule has 0 aromatic heterocycles. The van der Waals surface area contributed by atoms with E-state index in [0.29, 0.717) is 21.0 Å². The minimum atomic E-state index is -0.957. The number of benzene rings is 2. The summed E-state index contributed by atoms with van der Waals surface area (Å²) in [6, 6.07) is 10.8. The van der Waals surface area contributed by atoms with Crippen molar-refractivity contribution in [3.63, 3.8) is 0 Å².